The number of carbonyl (C=O) groups excluding carboxylic acids is 2. The number of sulfone groups is 1. The van der Waals surface area contributed by atoms with Crippen LogP contribution in [0, 0.1) is 0 Å². The van der Waals surface area contributed by atoms with E-state index in [-0.39, 0.29) is 11.3 Å². The molecule has 0 aliphatic heterocycles. The molecular formula is C20H24N2O5S2. The Morgan fingerprint density at radius 1 is 1.03 bits per heavy atom. The van der Waals surface area contributed by atoms with E-state index in [0.29, 0.717) is 6.42 Å². The lowest BCUT2D eigenvalue weighted by Gasteiger charge is -2.17. The first-order valence-electron chi connectivity index (χ1n) is 9.14. The molecule has 0 aromatic heterocycles. The Kier molecular flexibility index (Phi) is 8.69. The standard InChI is InChI=1S/C20H24N2O5S2/c1-2-3-9-19(23)21-18(20(24)22-25)14-29(26,27)17-12-10-16(11-13-17)28-15-7-5-4-6-8-15/h4-8,10-13,18,25H,2-3,9,14H2,1H3,(H,21,23)(H,22,24)/t18-/m1/s1. The average Bonchev–Trinajstić information content (AvgIpc) is 2.72. The Morgan fingerprint density at radius 3 is 2.24 bits per heavy atom. The lowest BCUT2D eigenvalue weighted by atomic mass is 10.2. The molecule has 2 rings (SSSR count). The second-order valence-electron chi connectivity index (χ2n) is 6.37. The van der Waals surface area contributed by atoms with E-state index in [0.717, 1.165) is 16.2 Å². The third kappa shape index (κ3) is 7.19. The van der Waals surface area contributed by atoms with Crippen LogP contribution in [0.4, 0.5) is 0 Å². The number of hydrogen-bond acceptors (Lipinski definition) is 6. The van der Waals surface area contributed by atoms with E-state index in [1.165, 1.54) is 29.4 Å². The molecule has 1 atom stereocenters. The Hall–Kier alpha value is -2.36. The number of unbranched alkanes of at least 4 members (excludes halogenated alkanes) is 1. The largest absolute Gasteiger partial charge is 0.343 e. The molecule has 0 fully saturated rings. The molecule has 7 nitrogen and oxygen atoms in total. The van der Waals surface area contributed by atoms with Gasteiger partial charge in [-0.25, -0.2) is 13.9 Å². The summed E-state index contributed by atoms with van der Waals surface area (Å²) in [4.78, 5) is 25.7. The van der Waals surface area contributed by atoms with Gasteiger partial charge in [-0.3, -0.25) is 14.8 Å². The lowest BCUT2D eigenvalue weighted by Crippen LogP contribution is -2.49. The summed E-state index contributed by atoms with van der Waals surface area (Å²) in [6.45, 7) is 1.91. The summed E-state index contributed by atoms with van der Waals surface area (Å²) < 4.78 is 25.4. The third-order valence-electron chi connectivity index (χ3n) is 4.07. The van der Waals surface area contributed by atoms with Crippen molar-refractivity contribution in [1.82, 2.24) is 10.8 Å². The molecule has 0 spiro atoms. The highest BCUT2D eigenvalue weighted by atomic mass is 32.2. The molecule has 9 heteroatoms. The van der Waals surface area contributed by atoms with Gasteiger partial charge < -0.3 is 5.32 Å². The number of nitrogens with one attached hydrogen (secondary N) is 2. The van der Waals surface area contributed by atoms with Crippen molar-refractivity contribution in [3.8, 4) is 0 Å². The fraction of sp³-hybridized carbons (Fsp3) is 0.300. The summed E-state index contributed by atoms with van der Waals surface area (Å²) in [6, 6.07) is 14.6. The smallest absolute Gasteiger partial charge is 0.266 e. The van der Waals surface area contributed by atoms with E-state index in [1.54, 1.807) is 12.1 Å². The second-order valence-corrected chi connectivity index (χ2v) is 9.55. The van der Waals surface area contributed by atoms with Gasteiger partial charge in [0, 0.05) is 16.2 Å². The summed E-state index contributed by atoms with van der Waals surface area (Å²) in [5.74, 6) is -2.07. The van der Waals surface area contributed by atoms with Crippen LogP contribution in [0.3, 0.4) is 0 Å². The summed E-state index contributed by atoms with van der Waals surface area (Å²) >= 11 is 1.50. The zero-order valence-electron chi connectivity index (χ0n) is 16.0. The van der Waals surface area contributed by atoms with Crippen LogP contribution in [-0.4, -0.2) is 37.2 Å². The number of rotatable bonds is 10. The molecule has 29 heavy (non-hydrogen) atoms. The summed E-state index contributed by atoms with van der Waals surface area (Å²) in [5, 5.41) is 11.3. The maximum Gasteiger partial charge on any atom is 0.266 e. The van der Waals surface area contributed by atoms with E-state index in [9.17, 15) is 18.0 Å². The Labute approximate surface area is 174 Å². The quantitative estimate of drug-likeness (QED) is 0.390. The number of carbonyl (C=O) groups is 2. The molecular weight excluding hydrogens is 412 g/mol. The van der Waals surface area contributed by atoms with Crippen LogP contribution in [0.1, 0.15) is 26.2 Å². The molecule has 3 N–H and O–H groups in total. The fourth-order valence-corrected chi connectivity index (χ4v) is 4.77. The van der Waals surface area contributed by atoms with Gasteiger partial charge in [0.15, 0.2) is 9.84 Å². The van der Waals surface area contributed by atoms with Crippen LogP contribution in [0.15, 0.2) is 69.3 Å². The average molecular weight is 437 g/mol. The predicted octanol–water partition coefficient (Wildman–Crippen LogP) is 2.79. The Bertz CT molecular complexity index is 916. The first-order chi connectivity index (χ1) is 13.9. The van der Waals surface area contributed by atoms with Gasteiger partial charge in [-0.15, -0.1) is 0 Å². The molecule has 0 heterocycles. The maximum absolute atomic E-state index is 12.7. The molecule has 0 saturated heterocycles. The van der Waals surface area contributed by atoms with Crippen molar-refractivity contribution < 1.29 is 23.2 Å². The Balaban J connectivity index is 2.10. The maximum atomic E-state index is 12.7. The number of hydrogen-bond donors (Lipinski definition) is 3. The van der Waals surface area contributed by atoms with Crippen molar-refractivity contribution in [3.63, 3.8) is 0 Å². The molecule has 2 aromatic rings. The van der Waals surface area contributed by atoms with Gasteiger partial charge in [-0.1, -0.05) is 43.3 Å². The molecule has 0 radical (unpaired) electrons. The zero-order valence-corrected chi connectivity index (χ0v) is 17.6. The molecule has 2 aromatic carbocycles. The SMILES string of the molecule is CCCCC(=O)N[C@H](CS(=O)(=O)c1ccc(Sc2ccccc2)cc1)C(=O)NO. The minimum atomic E-state index is -3.87. The van der Waals surface area contributed by atoms with Crippen molar-refractivity contribution >= 4 is 33.4 Å². The monoisotopic (exact) mass is 436 g/mol. The highest BCUT2D eigenvalue weighted by Crippen LogP contribution is 2.28. The fourth-order valence-electron chi connectivity index (χ4n) is 2.52. The number of hydroxylamine groups is 1. The highest BCUT2D eigenvalue weighted by Gasteiger charge is 2.28. The van der Waals surface area contributed by atoms with Crippen molar-refractivity contribution in [2.45, 2.75) is 46.9 Å². The molecule has 2 amide bonds. The van der Waals surface area contributed by atoms with Crippen LogP contribution >= 0.6 is 11.8 Å². The van der Waals surface area contributed by atoms with E-state index in [2.05, 4.69) is 5.32 Å². The second kappa shape index (κ2) is 11.0. The topological polar surface area (TPSA) is 113 Å². The summed E-state index contributed by atoms with van der Waals surface area (Å²) in [5.41, 5.74) is 1.42. The predicted molar refractivity (Wildman–Crippen MR) is 110 cm³/mol. The van der Waals surface area contributed by atoms with Gasteiger partial charge >= 0.3 is 0 Å². The normalized spacial score (nSPS) is 12.2. The zero-order chi connectivity index (χ0) is 21.3. The van der Waals surface area contributed by atoms with Gasteiger partial charge in [-0.05, 0) is 42.8 Å². The first-order valence-corrected chi connectivity index (χ1v) is 11.6. The lowest BCUT2D eigenvalue weighted by molar-refractivity contribution is -0.134. The number of amides is 2. The van der Waals surface area contributed by atoms with Gasteiger partial charge in [0.25, 0.3) is 5.91 Å². The van der Waals surface area contributed by atoms with Gasteiger partial charge in [-0.2, -0.15) is 0 Å². The molecule has 0 aliphatic rings. The van der Waals surface area contributed by atoms with E-state index in [1.807, 2.05) is 37.3 Å². The molecule has 156 valence electrons. The molecule has 0 saturated carbocycles. The minimum Gasteiger partial charge on any atom is -0.343 e. The summed E-state index contributed by atoms with van der Waals surface area (Å²) in [7, 11) is -3.87. The van der Waals surface area contributed by atoms with Crippen molar-refractivity contribution in [3.05, 3.63) is 54.6 Å². The van der Waals surface area contributed by atoms with E-state index in [4.69, 9.17) is 5.21 Å². The van der Waals surface area contributed by atoms with E-state index < -0.39 is 33.4 Å². The van der Waals surface area contributed by atoms with Crippen LogP contribution in [0.25, 0.3) is 0 Å². The van der Waals surface area contributed by atoms with Crippen LogP contribution in [-0.2, 0) is 19.4 Å². The van der Waals surface area contributed by atoms with Gasteiger partial charge in [0.05, 0.1) is 10.6 Å². The molecule has 0 bridgehead atoms. The van der Waals surface area contributed by atoms with Crippen LogP contribution in [0.5, 0.6) is 0 Å². The minimum absolute atomic E-state index is 0.0356. The van der Waals surface area contributed by atoms with Crippen molar-refractivity contribution in [1.29, 1.82) is 0 Å². The summed E-state index contributed by atoms with van der Waals surface area (Å²) in [6.07, 6.45) is 1.58. The van der Waals surface area contributed by atoms with Crippen LogP contribution < -0.4 is 10.8 Å². The molecule has 0 aliphatic carbocycles. The molecule has 0 unspecified atom stereocenters. The number of benzene rings is 2. The van der Waals surface area contributed by atoms with Crippen LogP contribution in [0.2, 0.25) is 0 Å². The van der Waals surface area contributed by atoms with Gasteiger partial charge in [0.1, 0.15) is 6.04 Å². The Morgan fingerprint density at radius 2 is 1.66 bits per heavy atom. The third-order valence-corrected chi connectivity index (χ3v) is 6.85. The van der Waals surface area contributed by atoms with Crippen molar-refractivity contribution in [2.75, 3.05) is 5.75 Å². The van der Waals surface area contributed by atoms with Crippen molar-refractivity contribution in [2.24, 2.45) is 0 Å². The first kappa shape index (κ1) is 22.9. The van der Waals surface area contributed by atoms with E-state index >= 15 is 0 Å². The van der Waals surface area contributed by atoms with Gasteiger partial charge in [0.2, 0.25) is 5.91 Å². The highest BCUT2D eigenvalue weighted by molar-refractivity contribution is 7.99.